The van der Waals surface area contributed by atoms with Gasteiger partial charge in [0.05, 0.1) is 17.5 Å². The number of nitrogens with zero attached hydrogens (tertiary/aromatic N) is 2. The van der Waals surface area contributed by atoms with Crippen molar-refractivity contribution in [1.29, 1.82) is 5.41 Å². The van der Waals surface area contributed by atoms with Crippen molar-refractivity contribution in [2.45, 2.75) is 19.7 Å². The molecule has 4 rings (SSSR count). The summed E-state index contributed by atoms with van der Waals surface area (Å²) in [5.74, 6) is -0.990. The number of amides is 1. The van der Waals surface area contributed by atoms with Gasteiger partial charge in [-0.05, 0) is 29.3 Å². The molecule has 7 N–H and O–H groups in total. The molecule has 11 nitrogen and oxygen atoms in total. The summed E-state index contributed by atoms with van der Waals surface area (Å²) in [4.78, 5) is 43.0. The van der Waals surface area contributed by atoms with Gasteiger partial charge in [0.25, 0.3) is 5.56 Å². The highest BCUT2D eigenvalue weighted by molar-refractivity contribution is 5.95. The predicted molar refractivity (Wildman–Crippen MR) is 153 cm³/mol. The molecule has 0 radical (unpaired) electrons. The number of nitrogens with two attached hydrogens (primary N) is 2. The van der Waals surface area contributed by atoms with Gasteiger partial charge in [0.15, 0.2) is 5.82 Å². The highest BCUT2D eigenvalue weighted by Gasteiger charge is 2.17. The number of hydrogen-bond acceptors (Lipinski definition) is 8. The zero-order chi connectivity index (χ0) is 28.6. The topological polar surface area (TPSA) is 178 Å². The molecule has 11 heteroatoms. The Bertz CT molecular complexity index is 1600. The molecule has 0 saturated carbocycles. The molecule has 204 valence electrons. The highest BCUT2D eigenvalue weighted by Crippen LogP contribution is 2.24. The van der Waals surface area contributed by atoms with Crippen molar-refractivity contribution in [3.05, 3.63) is 112 Å². The number of amidine groups is 1. The number of carbonyl (C=O) groups excluding carboxylic acids is 2. The van der Waals surface area contributed by atoms with Gasteiger partial charge in [-0.15, -0.1) is 0 Å². The molecule has 1 aromatic heterocycles. The molecule has 0 fully saturated rings. The van der Waals surface area contributed by atoms with E-state index in [2.05, 4.69) is 15.6 Å². The first-order valence-corrected chi connectivity index (χ1v) is 12.3. The van der Waals surface area contributed by atoms with Crippen LogP contribution in [0.5, 0.6) is 0 Å². The van der Waals surface area contributed by atoms with Gasteiger partial charge in [-0.3, -0.25) is 19.6 Å². The fourth-order valence-corrected chi connectivity index (χ4v) is 3.97. The van der Waals surface area contributed by atoms with Gasteiger partial charge in [-0.25, -0.2) is 9.78 Å². The molecule has 3 aromatic carbocycles. The fourth-order valence-electron chi connectivity index (χ4n) is 3.97. The lowest BCUT2D eigenvalue weighted by Gasteiger charge is -2.15. The molecule has 0 aliphatic carbocycles. The van der Waals surface area contributed by atoms with E-state index in [0.717, 1.165) is 11.1 Å². The van der Waals surface area contributed by atoms with Crippen LogP contribution < -0.4 is 27.7 Å². The SMILES string of the molecule is CNc1ncc(-c2cc(N)cc(C(=O)OCc3ccccc3)c2)n(CC(=O)NCc2ccc(C(=N)N)cc2)c1=O. The standard InChI is InChI=1S/C29H29N7O4/c1-33-27-28(38)36(16-25(37)34-14-18-7-9-20(10-8-18)26(31)32)24(15-35-27)21-11-22(13-23(30)12-21)29(39)40-17-19-5-3-2-4-6-19/h2-13,15H,14,16-17,30H2,1H3,(H3,31,32)(H,33,35)(H,34,37). The number of esters is 1. The van der Waals surface area contributed by atoms with E-state index in [1.54, 1.807) is 43.4 Å². The minimum absolute atomic E-state index is 0.0466. The number of ether oxygens (including phenoxy) is 1. The molecule has 0 aliphatic rings. The van der Waals surface area contributed by atoms with E-state index in [-0.39, 0.29) is 42.6 Å². The van der Waals surface area contributed by atoms with Crippen LogP contribution in [0.25, 0.3) is 11.3 Å². The smallest absolute Gasteiger partial charge is 0.338 e. The lowest BCUT2D eigenvalue weighted by atomic mass is 10.1. The molecule has 4 aromatic rings. The van der Waals surface area contributed by atoms with Gasteiger partial charge in [0.1, 0.15) is 19.0 Å². The van der Waals surface area contributed by atoms with Crippen molar-refractivity contribution < 1.29 is 14.3 Å². The summed E-state index contributed by atoms with van der Waals surface area (Å²) in [7, 11) is 1.56. The molecule has 0 unspecified atom stereocenters. The second kappa shape index (κ2) is 12.4. The first kappa shape index (κ1) is 27.6. The number of nitrogens with one attached hydrogen (secondary N) is 3. The third kappa shape index (κ3) is 6.70. The van der Waals surface area contributed by atoms with E-state index in [4.69, 9.17) is 21.6 Å². The van der Waals surface area contributed by atoms with E-state index in [0.29, 0.717) is 16.8 Å². The maximum Gasteiger partial charge on any atom is 0.338 e. The minimum Gasteiger partial charge on any atom is -0.457 e. The van der Waals surface area contributed by atoms with Gasteiger partial charge in [0, 0.05) is 30.4 Å². The van der Waals surface area contributed by atoms with Gasteiger partial charge in [-0.2, -0.15) is 0 Å². The second-order valence-electron chi connectivity index (χ2n) is 8.93. The average molecular weight is 540 g/mol. The summed E-state index contributed by atoms with van der Waals surface area (Å²) >= 11 is 0. The lowest BCUT2D eigenvalue weighted by molar-refractivity contribution is -0.121. The molecular formula is C29H29N7O4. The molecule has 0 atom stereocenters. The van der Waals surface area contributed by atoms with Crippen molar-refractivity contribution in [1.82, 2.24) is 14.9 Å². The quantitative estimate of drug-likeness (QED) is 0.0883. The fraction of sp³-hybridized carbons (Fsp3) is 0.138. The van der Waals surface area contributed by atoms with Crippen LogP contribution in [0, 0.1) is 5.41 Å². The van der Waals surface area contributed by atoms with Crippen LogP contribution in [0.4, 0.5) is 11.5 Å². The van der Waals surface area contributed by atoms with Crippen molar-refractivity contribution in [2.75, 3.05) is 18.1 Å². The molecule has 1 heterocycles. The first-order valence-electron chi connectivity index (χ1n) is 12.3. The molecule has 0 bridgehead atoms. The third-order valence-electron chi connectivity index (χ3n) is 6.05. The summed E-state index contributed by atoms with van der Waals surface area (Å²) < 4.78 is 6.70. The predicted octanol–water partition coefficient (Wildman–Crippen LogP) is 2.49. The van der Waals surface area contributed by atoms with E-state index < -0.39 is 17.4 Å². The Morgan fingerprint density at radius 3 is 2.40 bits per heavy atom. The van der Waals surface area contributed by atoms with Crippen LogP contribution in [0.15, 0.2) is 83.8 Å². The zero-order valence-electron chi connectivity index (χ0n) is 21.8. The van der Waals surface area contributed by atoms with Crippen molar-refractivity contribution in [3.63, 3.8) is 0 Å². The number of aromatic nitrogens is 2. The van der Waals surface area contributed by atoms with E-state index in [1.165, 1.54) is 16.8 Å². The molecule has 0 aliphatic heterocycles. The third-order valence-corrected chi connectivity index (χ3v) is 6.05. The summed E-state index contributed by atoms with van der Waals surface area (Å²) in [6, 6.07) is 20.8. The van der Waals surface area contributed by atoms with E-state index in [1.807, 2.05) is 30.3 Å². The average Bonchev–Trinajstić information content (AvgIpc) is 2.96. The largest absolute Gasteiger partial charge is 0.457 e. The van der Waals surface area contributed by atoms with Gasteiger partial charge in [-0.1, -0.05) is 54.6 Å². The summed E-state index contributed by atoms with van der Waals surface area (Å²) in [6.45, 7) is -0.00910. The Labute approximate surface area is 230 Å². The molecule has 0 saturated heterocycles. The van der Waals surface area contributed by atoms with Gasteiger partial charge < -0.3 is 26.8 Å². The Morgan fingerprint density at radius 1 is 1.00 bits per heavy atom. The van der Waals surface area contributed by atoms with Crippen LogP contribution in [-0.2, 0) is 29.2 Å². The molecule has 0 spiro atoms. The zero-order valence-corrected chi connectivity index (χ0v) is 21.8. The normalized spacial score (nSPS) is 10.5. The summed E-state index contributed by atoms with van der Waals surface area (Å²) in [5, 5.41) is 13.0. The van der Waals surface area contributed by atoms with Crippen molar-refractivity contribution >= 4 is 29.2 Å². The van der Waals surface area contributed by atoms with Crippen LogP contribution in [-0.4, -0.2) is 34.3 Å². The van der Waals surface area contributed by atoms with E-state index >= 15 is 0 Å². The number of nitrogen functional groups attached to an aromatic ring is 2. The second-order valence-corrected chi connectivity index (χ2v) is 8.93. The summed E-state index contributed by atoms with van der Waals surface area (Å²) in [6.07, 6.45) is 1.44. The lowest BCUT2D eigenvalue weighted by Crippen LogP contribution is -2.34. The number of hydrogen-bond donors (Lipinski definition) is 5. The van der Waals surface area contributed by atoms with Gasteiger partial charge in [0.2, 0.25) is 5.91 Å². The van der Waals surface area contributed by atoms with Crippen LogP contribution in [0.2, 0.25) is 0 Å². The Morgan fingerprint density at radius 2 is 1.73 bits per heavy atom. The summed E-state index contributed by atoms with van der Waals surface area (Å²) in [5.41, 5.74) is 14.5. The van der Waals surface area contributed by atoms with Gasteiger partial charge >= 0.3 is 5.97 Å². The number of carbonyl (C=O) groups is 2. The number of anilines is 2. The van der Waals surface area contributed by atoms with Crippen molar-refractivity contribution in [2.24, 2.45) is 5.73 Å². The van der Waals surface area contributed by atoms with Crippen LogP contribution in [0.3, 0.4) is 0 Å². The molecule has 40 heavy (non-hydrogen) atoms. The number of benzene rings is 3. The molecule has 1 amide bonds. The molecular weight excluding hydrogens is 510 g/mol. The Balaban J connectivity index is 1.56. The highest BCUT2D eigenvalue weighted by atomic mass is 16.5. The monoisotopic (exact) mass is 539 g/mol. The Kier molecular flexibility index (Phi) is 8.55. The minimum atomic E-state index is -0.584. The van der Waals surface area contributed by atoms with E-state index in [9.17, 15) is 14.4 Å². The van der Waals surface area contributed by atoms with Crippen molar-refractivity contribution in [3.8, 4) is 11.3 Å². The number of rotatable bonds is 10. The Hall–Kier alpha value is -5.45. The first-order chi connectivity index (χ1) is 19.2. The van der Waals surface area contributed by atoms with Crippen LogP contribution in [0.1, 0.15) is 27.0 Å². The maximum absolute atomic E-state index is 13.2. The van der Waals surface area contributed by atoms with Crippen LogP contribution >= 0.6 is 0 Å². The maximum atomic E-state index is 13.2.